The van der Waals surface area contributed by atoms with Crippen molar-refractivity contribution in [3.8, 4) is 0 Å². The van der Waals surface area contributed by atoms with Gasteiger partial charge in [-0.1, -0.05) is 6.58 Å². The Bertz CT molecular complexity index is 770. The summed E-state index contributed by atoms with van der Waals surface area (Å²) < 4.78 is 7.13. The molecule has 7 heteroatoms. The maximum absolute atomic E-state index is 6.33. The summed E-state index contributed by atoms with van der Waals surface area (Å²) in [6, 6.07) is 3.75. The van der Waals surface area contributed by atoms with Gasteiger partial charge in [0.05, 0.1) is 24.6 Å². The lowest BCUT2D eigenvalue weighted by Crippen LogP contribution is -2.40. The van der Waals surface area contributed by atoms with E-state index in [1.54, 1.807) is 10.7 Å². The van der Waals surface area contributed by atoms with Crippen LogP contribution in [0.25, 0.3) is 11.3 Å². The van der Waals surface area contributed by atoms with Crippen LogP contribution in [0.3, 0.4) is 0 Å². The summed E-state index contributed by atoms with van der Waals surface area (Å²) in [5.41, 5.74) is 9.28. The number of amidine groups is 1. The van der Waals surface area contributed by atoms with Crippen molar-refractivity contribution in [1.82, 2.24) is 19.5 Å². The Morgan fingerprint density at radius 1 is 1.43 bits per heavy atom. The Labute approximate surface area is 134 Å². The van der Waals surface area contributed by atoms with Gasteiger partial charge in [-0.3, -0.25) is 0 Å². The van der Waals surface area contributed by atoms with E-state index in [-0.39, 0.29) is 0 Å². The van der Waals surface area contributed by atoms with Gasteiger partial charge in [0, 0.05) is 31.6 Å². The van der Waals surface area contributed by atoms with Gasteiger partial charge in [-0.05, 0) is 19.1 Å². The molecule has 0 spiro atoms. The molecule has 2 N–H and O–H groups in total. The summed E-state index contributed by atoms with van der Waals surface area (Å²) in [5, 5.41) is 4.33. The summed E-state index contributed by atoms with van der Waals surface area (Å²) >= 11 is 0. The third-order valence-electron chi connectivity index (χ3n) is 3.68. The molecule has 1 aliphatic heterocycles. The van der Waals surface area contributed by atoms with Crippen LogP contribution in [0.2, 0.25) is 0 Å². The van der Waals surface area contributed by atoms with E-state index in [9.17, 15) is 0 Å². The number of rotatable bonds is 3. The average molecular weight is 312 g/mol. The fourth-order valence-electron chi connectivity index (χ4n) is 2.63. The monoisotopic (exact) mass is 312 g/mol. The summed E-state index contributed by atoms with van der Waals surface area (Å²) in [7, 11) is 0. The summed E-state index contributed by atoms with van der Waals surface area (Å²) in [6.07, 6.45) is 5.08. The first-order valence-electron chi connectivity index (χ1n) is 7.50. The highest BCUT2D eigenvalue weighted by molar-refractivity contribution is 5.99. The summed E-state index contributed by atoms with van der Waals surface area (Å²) in [5.74, 6) is 0.770. The number of ether oxygens (including phenoxy) is 1. The van der Waals surface area contributed by atoms with E-state index in [1.807, 2.05) is 25.1 Å². The quantitative estimate of drug-likeness (QED) is 0.680. The first-order chi connectivity index (χ1) is 11.2. The lowest BCUT2D eigenvalue weighted by Gasteiger charge is -2.28. The SMILES string of the molecule is C=C/N=C(\C=C(/N)c1c(C)nc2cccnn12)N1CCOCC1. The molecule has 1 aliphatic rings. The molecule has 0 radical (unpaired) electrons. The van der Waals surface area contributed by atoms with Gasteiger partial charge in [0.2, 0.25) is 0 Å². The topological polar surface area (TPSA) is 81.0 Å². The first kappa shape index (κ1) is 15.2. The minimum atomic E-state index is 0.570. The van der Waals surface area contributed by atoms with E-state index in [0.29, 0.717) is 18.9 Å². The molecule has 0 bridgehead atoms. The van der Waals surface area contributed by atoms with Crippen LogP contribution in [0.4, 0.5) is 0 Å². The fraction of sp³-hybridized carbons (Fsp3) is 0.312. The van der Waals surface area contributed by atoms with Crippen LogP contribution in [0.5, 0.6) is 0 Å². The van der Waals surface area contributed by atoms with Gasteiger partial charge in [0.15, 0.2) is 5.65 Å². The van der Waals surface area contributed by atoms with Crippen molar-refractivity contribution in [3.05, 3.63) is 48.6 Å². The predicted molar refractivity (Wildman–Crippen MR) is 89.9 cm³/mol. The van der Waals surface area contributed by atoms with E-state index in [0.717, 1.165) is 36.0 Å². The highest BCUT2D eigenvalue weighted by Gasteiger charge is 2.16. The smallest absolute Gasteiger partial charge is 0.154 e. The van der Waals surface area contributed by atoms with Crippen molar-refractivity contribution in [2.45, 2.75) is 6.92 Å². The van der Waals surface area contributed by atoms with Crippen LogP contribution < -0.4 is 5.73 Å². The molecule has 0 unspecified atom stereocenters. The minimum Gasteiger partial charge on any atom is -0.397 e. The molecule has 7 nitrogen and oxygen atoms in total. The van der Waals surface area contributed by atoms with Crippen LogP contribution >= 0.6 is 0 Å². The summed E-state index contributed by atoms with van der Waals surface area (Å²) in [4.78, 5) is 11.0. The lowest BCUT2D eigenvalue weighted by atomic mass is 10.2. The van der Waals surface area contributed by atoms with Crippen molar-refractivity contribution in [3.63, 3.8) is 0 Å². The fourth-order valence-corrected chi connectivity index (χ4v) is 2.63. The molecule has 1 fully saturated rings. The zero-order chi connectivity index (χ0) is 16.2. The Morgan fingerprint density at radius 2 is 2.22 bits per heavy atom. The van der Waals surface area contributed by atoms with Gasteiger partial charge in [-0.25, -0.2) is 14.5 Å². The van der Waals surface area contributed by atoms with Crippen LogP contribution in [0.1, 0.15) is 11.4 Å². The number of nitrogens with zero attached hydrogens (tertiary/aromatic N) is 5. The van der Waals surface area contributed by atoms with Gasteiger partial charge < -0.3 is 15.4 Å². The molecule has 0 amide bonds. The molecule has 2 aromatic rings. The van der Waals surface area contributed by atoms with Crippen molar-refractivity contribution in [2.75, 3.05) is 26.3 Å². The molecule has 23 heavy (non-hydrogen) atoms. The molecular weight excluding hydrogens is 292 g/mol. The molecule has 0 aromatic carbocycles. The van der Waals surface area contributed by atoms with Gasteiger partial charge in [-0.2, -0.15) is 5.10 Å². The van der Waals surface area contributed by atoms with Gasteiger partial charge in [0.1, 0.15) is 11.5 Å². The van der Waals surface area contributed by atoms with Crippen LogP contribution in [-0.4, -0.2) is 51.6 Å². The number of hydrogen-bond acceptors (Lipinski definition) is 5. The van der Waals surface area contributed by atoms with Gasteiger partial charge >= 0.3 is 0 Å². The highest BCUT2D eigenvalue weighted by Crippen LogP contribution is 2.16. The number of aryl methyl sites for hydroxylation is 1. The second-order valence-electron chi connectivity index (χ2n) is 5.21. The third-order valence-corrected chi connectivity index (χ3v) is 3.68. The standard InChI is InChI=1S/C16H20N6O/c1-3-18-15(21-7-9-23-10-8-21)11-13(17)16-12(2)20-14-5-4-6-19-22(14)16/h3-6,11H,1,7-10,17H2,2H3/b13-11-,18-15+. The number of hydrogen-bond donors (Lipinski definition) is 1. The number of morpholine rings is 1. The Balaban J connectivity index is 2.00. The third kappa shape index (κ3) is 3.09. The zero-order valence-corrected chi connectivity index (χ0v) is 13.1. The van der Waals surface area contributed by atoms with E-state index in [4.69, 9.17) is 10.5 Å². The number of nitrogens with two attached hydrogens (primary N) is 1. The summed E-state index contributed by atoms with van der Waals surface area (Å²) in [6.45, 7) is 8.53. The van der Waals surface area contributed by atoms with Crippen molar-refractivity contribution in [2.24, 2.45) is 10.7 Å². The molecule has 1 saturated heterocycles. The molecule has 3 rings (SSSR count). The molecular formula is C16H20N6O. The second kappa shape index (κ2) is 6.62. The van der Waals surface area contributed by atoms with E-state index in [1.165, 1.54) is 6.20 Å². The molecule has 0 aliphatic carbocycles. The lowest BCUT2D eigenvalue weighted by molar-refractivity contribution is 0.0684. The number of fused-ring (bicyclic) bond motifs is 1. The Morgan fingerprint density at radius 3 is 2.96 bits per heavy atom. The predicted octanol–water partition coefficient (Wildman–Crippen LogP) is 1.21. The maximum Gasteiger partial charge on any atom is 0.154 e. The van der Waals surface area contributed by atoms with Crippen molar-refractivity contribution < 1.29 is 4.74 Å². The average Bonchev–Trinajstić information content (AvgIpc) is 2.91. The van der Waals surface area contributed by atoms with E-state index in [2.05, 4.69) is 26.6 Å². The van der Waals surface area contributed by atoms with Crippen LogP contribution in [-0.2, 0) is 4.74 Å². The number of imidazole rings is 1. The van der Waals surface area contributed by atoms with Gasteiger partial charge in [0.25, 0.3) is 0 Å². The maximum atomic E-state index is 6.33. The largest absolute Gasteiger partial charge is 0.397 e. The van der Waals surface area contributed by atoms with Crippen molar-refractivity contribution >= 4 is 17.2 Å². The number of aliphatic imine (C=N–C) groups is 1. The molecule has 0 saturated carbocycles. The molecule has 3 heterocycles. The molecule has 2 aromatic heterocycles. The highest BCUT2D eigenvalue weighted by atomic mass is 16.5. The second-order valence-corrected chi connectivity index (χ2v) is 5.21. The Kier molecular flexibility index (Phi) is 4.38. The van der Waals surface area contributed by atoms with Crippen LogP contribution in [0.15, 0.2) is 42.2 Å². The first-order valence-corrected chi connectivity index (χ1v) is 7.50. The molecule has 0 atom stereocenters. The normalized spacial score (nSPS) is 16.8. The van der Waals surface area contributed by atoms with E-state index >= 15 is 0 Å². The minimum absolute atomic E-state index is 0.570. The molecule has 120 valence electrons. The van der Waals surface area contributed by atoms with E-state index < -0.39 is 0 Å². The van der Waals surface area contributed by atoms with Crippen LogP contribution in [0, 0.1) is 6.92 Å². The number of aromatic nitrogens is 3. The van der Waals surface area contributed by atoms with Gasteiger partial charge in [-0.15, -0.1) is 0 Å². The Hall–Kier alpha value is -2.67. The zero-order valence-electron chi connectivity index (χ0n) is 13.1. The van der Waals surface area contributed by atoms with Crippen molar-refractivity contribution in [1.29, 1.82) is 0 Å².